The second-order valence-electron chi connectivity index (χ2n) is 11.9. The van der Waals surface area contributed by atoms with Crippen LogP contribution in [0.1, 0.15) is 36.8 Å². The third-order valence-electron chi connectivity index (χ3n) is 8.42. The SMILES string of the molecule is Cn1cc(Nc2ncc(Cl)c(Nc3ccccc3C3(O)CCOCC3)n2)cn1.OC1(c2ccccc2Nc2nc(Cl)ncc2Cl)CCOCC1. The van der Waals surface area contributed by atoms with Gasteiger partial charge < -0.3 is 35.6 Å². The molecule has 0 aliphatic carbocycles. The molecular formula is C34H36Cl3N9O4. The summed E-state index contributed by atoms with van der Waals surface area (Å²) < 4.78 is 12.4. The number of halogens is 3. The largest absolute Gasteiger partial charge is 0.385 e. The molecule has 5 heterocycles. The molecule has 50 heavy (non-hydrogen) atoms. The van der Waals surface area contributed by atoms with E-state index in [1.807, 2.05) is 61.8 Å². The maximum absolute atomic E-state index is 11.1. The minimum atomic E-state index is -0.946. The summed E-state index contributed by atoms with van der Waals surface area (Å²) in [6.45, 7) is 2.12. The van der Waals surface area contributed by atoms with Crippen molar-refractivity contribution in [2.75, 3.05) is 42.4 Å². The van der Waals surface area contributed by atoms with E-state index in [2.05, 4.69) is 41.0 Å². The third kappa shape index (κ3) is 8.61. The number of hydrogen-bond donors (Lipinski definition) is 5. The number of nitrogens with one attached hydrogen (secondary N) is 3. The zero-order valence-corrected chi connectivity index (χ0v) is 29.4. The number of aromatic nitrogens is 6. The Morgan fingerprint density at radius 2 is 1.18 bits per heavy atom. The van der Waals surface area contributed by atoms with Crippen molar-refractivity contribution in [3.05, 3.63) is 99.8 Å². The van der Waals surface area contributed by atoms with Crippen molar-refractivity contribution >= 4 is 69.4 Å². The number of aryl methyl sites for hydroxylation is 1. The molecule has 5 N–H and O–H groups in total. The number of ether oxygens (including phenoxy) is 2. The van der Waals surface area contributed by atoms with E-state index in [-0.39, 0.29) is 5.28 Å². The lowest BCUT2D eigenvalue weighted by molar-refractivity contribution is -0.0678. The number of benzene rings is 2. The monoisotopic (exact) mass is 739 g/mol. The Kier molecular flexibility index (Phi) is 11.3. The Morgan fingerprint density at radius 3 is 1.70 bits per heavy atom. The van der Waals surface area contributed by atoms with Crippen LogP contribution in [0, 0.1) is 0 Å². The molecule has 0 spiro atoms. The first kappa shape index (κ1) is 35.7. The van der Waals surface area contributed by atoms with Crippen LogP contribution in [0.3, 0.4) is 0 Å². The fraction of sp³-hybridized carbons (Fsp3) is 0.324. The van der Waals surface area contributed by atoms with Crippen molar-refractivity contribution in [1.82, 2.24) is 29.7 Å². The van der Waals surface area contributed by atoms with Gasteiger partial charge >= 0.3 is 0 Å². The summed E-state index contributed by atoms with van der Waals surface area (Å²) in [6, 6.07) is 15.2. The summed E-state index contributed by atoms with van der Waals surface area (Å²) in [7, 11) is 1.83. The van der Waals surface area contributed by atoms with Gasteiger partial charge in [0.05, 0.1) is 35.5 Å². The molecule has 7 rings (SSSR count). The number of para-hydroxylation sites is 2. The summed E-state index contributed by atoms with van der Waals surface area (Å²) in [6.07, 6.45) is 8.64. The predicted molar refractivity (Wildman–Crippen MR) is 193 cm³/mol. The van der Waals surface area contributed by atoms with Crippen LogP contribution in [0.15, 0.2) is 73.3 Å². The highest BCUT2D eigenvalue weighted by Crippen LogP contribution is 2.39. The minimum Gasteiger partial charge on any atom is -0.385 e. The van der Waals surface area contributed by atoms with Crippen molar-refractivity contribution in [2.45, 2.75) is 36.9 Å². The summed E-state index contributed by atoms with van der Waals surface area (Å²) in [4.78, 5) is 16.6. The van der Waals surface area contributed by atoms with Gasteiger partial charge in [0.15, 0.2) is 11.6 Å². The van der Waals surface area contributed by atoms with Crippen LogP contribution in [0.25, 0.3) is 0 Å². The lowest BCUT2D eigenvalue weighted by Crippen LogP contribution is -2.34. The van der Waals surface area contributed by atoms with E-state index in [1.165, 1.54) is 12.4 Å². The molecule has 2 aromatic carbocycles. The standard InChI is InChI=1S/C19H21ClN6O2.C15H15Cl2N3O2/c1-26-12-13(10-22-26)23-18-21-11-15(20)17(25-18)24-16-5-3-2-4-14(16)19(27)6-8-28-9-7-19;16-11-9-18-14(17)20-13(11)19-12-4-2-1-3-10(12)15(21)5-7-22-8-6-15/h2-5,10-12,27H,6-9H2,1H3,(H2,21,23,24,25);1-4,9,21H,5-8H2,(H,18,19,20). The number of rotatable bonds is 8. The van der Waals surface area contributed by atoms with Gasteiger partial charge in [-0.05, 0) is 23.7 Å². The molecule has 0 unspecified atom stereocenters. The number of aliphatic hydroxyl groups is 2. The lowest BCUT2D eigenvalue weighted by atomic mass is 9.85. The minimum absolute atomic E-state index is 0.106. The molecule has 13 nitrogen and oxygen atoms in total. The lowest BCUT2D eigenvalue weighted by Gasteiger charge is -2.34. The summed E-state index contributed by atoms with van der Waals surface area (Å²) in [5.74, 6) is 1.25. The van der Waals surface area contributed by atoms with Gasteiger partial charge in [0.25, 0.3) is 0 Å². The van der Waals surface area contributed by atoms with Crippen LogP contribution >= 0.6 is 34.8 Å². The molecule has 5 aromatic rings. The van der Waals surface area contributed by atoms with E-state index >= 15 is 0 Å². The molecule has 0 saturated carbocycles. The first-order valence-corrected chi connectivity index (χ1v) is 17.0. The Morgan fingerprint density at radius 1 is 0.680 bits per heavy atom. The predicted octanol–water partition coefficient (Wildman–Crippen LogP) is 6.87. The van der Waals surface area contributed by atoms with Gasteiger partial charge in [-0.3, -0.25) is 4.68 Å². The molecule has 2 aliphatic rings. The summed E-state index contributed by atoms with van der Waals surface area (Å²) in [5, 5.41) is 36.5. The molecule has 2 fully saturated rings. The van der Waals surface area contributed by atoms with E-state index in [9.17, 15) is 10.2 Å². The third-order valence-corrected chi connectivity index (χ3v) is 9.16. The summed E-state index contributed by atoms with van der Waals surface area (Å²) >= 11 is 18.2. The van der Waals surface area contributed by atoms with Gasteiger partial charge in [0, 0.05) is 87.9 Å². The Hall–Kier alpha value is -4.08. The van der Waals surface area contributed by atoms with Crippen molar-refractivity contribution in [2.24, 2.45) is 7.05 Å². The molecule has 0 bridgehead atoms. The fourth-order valence-corrected chi connectivity index (χ4v) is 6.18. The average Bonchev–Trinajstić information content (AvgIpc) is 3.53. The van der Waals surface area contributed by atoms with Crippen molar-refractivity contribution in [3.8, 4) is 0 Å². The van der Waals surface area contributed by atoms with Crippen LogP contribution in [-0.4, -0.2) is 66.4 Å². The Bertz CT molecular complexity index is 1920. The molecule has 0 radical (unpaired) electrons. The summed E-state index contributed by atoms with van der Waals surface area (Å²) in [5.41, 5.74) is 1.98. The molecule has 0 atom stereocenters. The average molecular weight is 741 g/mol. The smallest absolute Gasteiger partial charge is 0.229 e. The Labute approximate surface area is 304 Å². The highest BCUT2D eigenvalue weighted by molar-refractivity contribution is 6.33. The highest BCUT2D eigenvalue weighted by atomic mass is 35.5. The highest BCUT2D eigenvalue weighted by Gasteiger charge is 2.35. The number of hydrogen-bond acceptors (Lipinski definition) is 12. The van der Waals surface area contributed by atoms with Crippen LogP contribution in [0.4, 0.5) is 34.6 Å². The van der Waals surface area contributed by atoms with Gasteiger partial charge in [-0.25, -0.2) is 9.97 Å². The second-order valence-corrected chi connectivity index (χ2v) is 13.0. The van der Waals surface area contributed by atoms with E-state index in [0.717, 1.165) is 28.2 Å². The number of nitrogens with zero attached hydrogens (tertiary/aromatic N) is 6. The van der Waals surface area contributed by atoms with Gasteiger partial charge in [-0.15, -0.1) is 0 Å². The van der Waals surface area contributed by atoms with Gasteiger partial charge in [0.1, 0.15) is 10.0 Å². The Balaban J connectivity index is 0.000000178. The second kappa shape index (κ2) is 15.9. The van der Waals surface area contributed by atoms with Crippen molar-refractivity contribution in [3.63, 3.8) is 0 Å². The molecule has 2 aliphatic heterocycles. The van der Waals surface area contributed by atoms with Crippen molar-refractivity contribution in [1.29, 1.82) is 0 Å². The van der Waals surface area contributed by atoms with Crippen LogP contribution in [-0.2, 0) is 27.7 Å². The van der Waals surface area contributed by atoms with Crippen molar-refractivity contribution < 1.29 is 19.7 Å². The van der Waals surface area contributed by atoms with Gasteiger partial charge in [-0.2, -0.15) is 15.1 Å². The van der Waals surface area contributed by atoms with E-state index < -0.39 is 11.2 Å². The molecule has 0 amide bonds. The molecule has 16 heteroatoms. The molecule has 2 saturated heterocycles. The van der Waals surface area contributed by atoms with Crippen LogP contribution < -0.4 is 16.0 Å². The maximum Gasteiger partial charge on any atom is 0.229 e. The van der Waals surface area contributed by atoms with Gasteiger partial charge in [-0.1, -0.05) is 59.6 Å². The first-order chi connectivity index (χ1) is 24.1. The normalized spacial score (nSPS) is 16.5. The van der Waals surface area contributed by atoms with Gasteiger partial charge in [0.2, 0.25) is 11.2 Å². The quantitative estimate of drug-likeness (QED) is 0.105. The molecule has 3 aromatic heterocycles. The van der Waals surface area contributed by atoms with E-state index in [0.29, 0.717) is 79.7 Å². The maximum atomic E-state index is 11.1. The fourth-order valence-electron chi connectivity index (χ4n) is 5.77. The molecular weight excluding hydrogens is 705 g/mol. The van der Waals surface area contributed by atoms with E-state index in [4.69, 9.17) is 44.3 Å². The molecule has 262 valence electrons. The zero-order chi connectivity index (χ0) is 35.1. The van der Waals surface area contributed by atoms with Crippen LogP contribution in [0.5, 0.6) is 0 Å². The van der Waals surface area contributed by atoms with E-state index in [1.54, 1.807) is 10.9 Å². The zero-order valence-electron chi connectivity index (χ0n) is 27.1. The topological polar surface area (TPSA) is 164 Å². The van der Waals surface area contributed by atoms with Crippen LogP contribution in [0.2, 0.25) is 15.3 Å². The first-order valence-electron chi connectivity index (χ1n) is 15.9. The number of anilines is 6.